The molecule has 0 spiro atoms. The highest BCUT2D eigenvalue weighted by Gasteiger charge is 2.33. The first-order chi connectivity index (χ1) is 11.9. The highest BCUT2D eigenvalue weighted by Crippen LogP contribution is 2.31. The van der Waals surface area contributed by atoms with Gasteiger partial charge in [-0.3, -0.25) is 0 Å². The molecule has 1 saturated heterocycles. The van der Waals surface area contributed by atoms with Gasteiger partial charge in [-0.2, -0.15) is 4.31 Å². The van der Waals surface area contributed by atoms with Crippen LogP contribution in [0.5, 0.6) is 0 Å². The van der Waals surface area contributed by atoms with E-state index in [2.05, 4.69) is 19.1 Å². The van der Waals surface area contributed by atoms with Gasteiger partial charge in [-0.15, -0.1) is 0 Å². The number of quaternary nitrogens is 1. The molecule has 1 aliphatic heterocycles. The number of nitrogens with one attached hydrogen (secondary N) is 1. The molecule has 0 saturated carbocycles. The lowest BCUT2D eigenvalue weighted by Gasteiger charge is -2.32. The minimum atomic E-state index is -3.67. The van der Waals surface area contributed by atoms with Gasteiger partial charge in [-0.1, -0.05) is 53.5 Å². The Morgan fingerprint density at radius 2 is 1.60 bits per heavy atom. The maximum absolute atomic E-state index is 12.9. The van der Waals surface area contributed by atoms with E-state index in [0.29, 0.717) is 13.1 Å². The summed E-state index contributed by atoms with van der Waals surface area (Å²) in [4.78, 5) is 1.40. The fourth-order valence-electron chi connectivity index (χ4n) is 3.16. The number of halogens is 2. The Morgan fingerprint density at radius 3 is 2.20 bits per heavy atom. The molecule has 3 rings (SSSR count). The number of sulfonamides is 1. The quantitative estimate of drug-likeness (QED) is 0.857. The molecule has 4 nitrogen and oxygen atoms in total. The lowest BCUT2D eigenvalue weighted by molar-refractivity contribution is -0.917. The maximum Gasteiger partial charge on any atom is 0.246 e. The average molecular weight is 400 g/mol. The molecule has 0 aromatic heterocycles. The van der Waals surface area contributed by atoms with E-state index in [1.54, 1.807) is 18.2 Å². The Kier molecular flexibility index (Phi) is 5.71. The Bertz CT molecular complexity index is 843. The van der Waals surface area contributed by atoms with Crippen LogP contribution in [0.3, 0.4) is 0 Å². The highest BCUT2D eigenvalue weighted by molar-refractivity contribution is 7.89. The zero-order chi connectivity index (χ0) is 18.0. The van der Waals surface area contributed by atoms with Crippen molar-refractivity contribution in [2.45, 2.75) is 18.4 Å². The van der Waals surface area contributed by atoms with Crippen molar-refractivity contribution in [2.75, 3.05) is 26.2 Å². The van der Waals surface area contributed by atoms with Crippen LogP contribution >= 0.6 is 23.2 Å². The molecule has 1 heterocycles. The standard InChI is InChI=1S/C18H20Cl2N2O2S/c1-14-5-2-3-6-15(14)13-21-9-11-22(12-10-21)25(23,24)18-16(19)7-4-8-17(18)20/h2-8H,9-13H2,1H3/p+1. The van der Waals surface area contributed by atoms with Crippen LogP contribution in [0.4, 0.5) is 0 Å². The van der Waals surface area contributed by atoms with Gasteiger partial charge in [0.15, 0.2) is 0 Å². The van der Waals surface area contributed by atoms with Crippen LogP contribution < -0.4 is 4.90 Å². The van der Waals surface area contributed by atoms with E-state index in [-0.39, 0.29) is 14.9 Å². The molecule has 0 aliphatic carbocycles. The van der Waals surface area contributed by atoms with E-state index in [9.17, 15) is 8.42 Å². The average Bonchev–Trinajstić information content (AvgIpc) is 2.57. The molecule has 2 aromatic carbocycles. The van der Waals surface area contributed by atoms with Crippen molar-refractivity contribution < 1.29 is 13.3 Å². The summed E-state index contributed by atoms with van der Waals surface area (Å²) in [6.07, 6.45) is 0. The molecule has 0 amide bonds. The van der Waals surface area contributed by atoms with E-state index in [0.717, 1.165) is 19.6 Å². The molecule has 25 heavy (non-hydrogen) atoms. The van der Waals surface area contributed by atoms with Gasteiger partial charge < -0.3 is 4.90 Å². The Balaban J connectivity index is 1.71. The normalized spacial score (nSPS) is 16.9. The van der Waals surface area contributed by atoms with Gasteiger partial charge in [0.05, 0.1) is 36.2 Å². The lowest BCUT2D eigenvalue weighted by Crippen LogP contribution is -3.13. The third-order valence-corrected chi connectivity index (χ3v) is 7.50. The zero-order valence-corrected chi connectivity index (χ0v) is 16.3. The molecule has 2 aromatic rings. The summed E-state index contributed by atoms with van der Waals surface area (Å²) in [6.45, 7) is 5.46. The van der Waals surface area contributed by atoms with Gasteiger partial charge in [0.1, 0.15) is 11.4 Å². The van der Waals surface area contributed by atoms with Gasteiger partial charge in [0.25, 0.3) is 0 Å². The van der Waals surface area contributed by atoms with Crippen LogP contribution in [0.1, 0.15) is 11.1 Å². The molecule has 0 bridgehead atoms. The molecule has 134 valence electrons. The van der Waals surface area contributed by atoms with E-state index < -0.39 is 10.0 Å². The minimum Gasteiger partial charge on any atom is -0.329 e. The smallest absolute Gasteiger partial charge is 0.246 e. The number of rotatable bonds is 4. The fraction of sp³-hybridized carbons (Fsp3) is 0.333. The number of piperazine rings is 1. The number of hydrogen-bond donors (Lipinski definition) is 1. The summed E-state index contributed by atoms with van der Waals surface area (Å²) in [5.74, 6) is 0. The van der Waals surface area contributed by atoms with Crippen LogP contribution in [0, 0.1) is 6.92 Å². The topological polar surface area (TPSA) is 41.8 Å². The first-order valence-corrected chi connectivity index (χ1v) is 10.4. The Hall–Kier alpha value is -1.11. The molecule has 0 unspecified atom stereocenters. The molecule has 1 N–H and O–H groups in total. The number of benzene rings is 2. The van der Waals surface area contributed by atoms with Crippen LogP contribution in [-0.4, -0.2) is 38.9 Å². The maximum atomic E-state index is 12.9. The molecule has 0 radical (unpaired) electrons. The van der Waals surface area contributed by atoms with Gasteiger partial charge in [0, 0.05) is 5.56 Å². The second kappa shape index (κ2) is 7.64. The summed E-state index contributed by atoms with van der Waals surface area (Å²) >= 11 is 12.2. The summed E-state index contributed by atoms with van der Waals surface area (Å²) in [5.41, 5.74) is 2.58. The van der Waals surface area contributed by atoms with E-state index in [4.69, 9.17) is 23.2 Å². The molecule has 0 atom stereocenters. The fourth-order valence-corrected chi connectivity index (χ4v) is 5.69. The van der Waals surface area contributed by atoms with Crippen LogP contribution in [-0.2, 0) is 16.6 Å². The van der Waals surface area contributed by atoms with E-state index in [1.165, 1.54) is 20.3 Å². The Morgan fingerprint density at radius 1 is 1.00 bits per heavy atom. The van der Waals surface area contributed by atoms with Crippen LogP contribution in [0.15, 0.2) is 47.4 Å². The monoisotopic (exact) mass is 399 g/mol. The first-order valence-electron chi connectivity index (χ1n) is 8.22. The predicted octanol–water partition coefficient (Wildman–Crippen LogP) is 2.39. The van der Waals surface area contributed by atoms with E-state index >= 15 is 0 Å². The summed E-state index contributed by atoms with van der Waals surface area (Å²) in [7, 11) is -3.67. The number of hydrogen-bond acceptors (Lipinski definition) is 2. The van der Waals surface area contributed by atoms with Crippen molar-refractivity contribution in [1.82, 2.24) is 4.31 Å². The predicted molar refractivity (Wildman–Crippen MR) is 101 cm³/mol. The minimum absolute atomic E-state index is 0.0145. The Labute approximate surface area is 159 Å². The van der Waals surface area contributed by atoms with Gasteiger partial charge >= 0.3 is 0 Å². The molecule has 1 fully saturated rings. The SMILES string of the molecule is Cc1ccccc1C[NH+]1CCN(S(=O)(=O)c2c(Cl)cccc2Cl)CC1. The number of nitrogens with zero attached hydrogens (tertiary/aromatic N) is 1. The van der Waals surface area contributed by atoms with Gasteiger partial charge in [-0.05, 0) is 24.6 Å². The third kappa shape index (κ3) is 4.01. The lowest BCUT2D eigenvalue weighted by atomic mass is 10.1. The second-order valence-corrected chi connectivity index (χ2v) is 9.00. The number of aryl methyl sites for hydroxylation is 1. The van der Waals surface area contributed by atoms with Crippen molar-refractivity contribution in [1.29, 1.82) is 0 Å². The van der Waals surface area contributed by atoms with Crippen molar-refractivity contribution in [3.63, 3.8) is 0 Å². The zero-order valence-electron chi connectivity index (χ0n) is 14.0. The van der Waals surface area contributed by atoms with Crippen molar-refractivity contribution in [3.05, 3.63) is 63.6 Å². The van der Waals surface area contributed by atoms with E-state index in [1.807, 2.05) is 12.1 Å². The summed E-state index contributed by atoms with van der Waals surface area (Å²) in [5, 5.41) is 0.337. The largest absolute Gasteiger partial charge is 0.329 e. The summed E-state index contributed by atoms with van der Waals surface area (Å²) in [6, 6.07) is 13.1. The molecular weight excluding hydrogens is 379 g/mol. The summed E-state index contributed by atoms with van der Waals surface area (Å²) < 4.78 is 27.3. The van der Waals surface area contributed by atoms with Crippen LogP contribution in [0.2, 0.25) is 10.0 Å². The van der Waals surface area contributed by atoms with Gasteiger partial charge in [0.2, 0.25) is 10.0 Å². The van der Waals surface area contributed by atoms with Gasteiger partial charge in [-0.25, -0.2) is 8.42 Å². The van der Waals surface area contributed by atoms with Crippen molar-refractivity contribution >= 4 is 33.2 Å². The molecular formula is C18H21Cl2N2O2S+. The molecule has 7 heteroatoms. The van der Waals surface area contributed by atoms with Crippen LogP contribution in [0.25, 0.3) is 0 Å². The van der Waals surface area contributed by atoms with Crippen molar-refractivity contribution in [2.24, 2.45) is 0 Å². The first kappa shape index (κ1) is 18.7. The molecule has 1 aliphatic rings. The van der Waals surface area contributed by atoms with Crippen molar-refractivity contribution in [3.8, 4) is 0 Å². The highest BCUT2D eigenvalue weighted by atomic mass is 35.5. The third-order valence-electron chi connectivity index (χ3n) is 4.65. The second-order valence-electron chi connectivity index (χ2n) is 6.31.